The van der Waals surface area contributed by atoms with Crippen molar-refractivity contribution in [2.24, 2.45) is 0 Å². The highest BCUT2D eigenvalue weighted by Gasteiger charge is 2.36. The van der Waals surface area contributed by atoms with Gasteiger partial charge in [0.15, 0.2) is 0 Å². The predicted molar refractivity (Wildman–Crippen MR) is 93.0 cm³/mol. The van der Waals surface area contributed by atoms with E-state index in [4.69, 9.17) is 0 Å². The van der Waals surface area contributed by atoms with Gasteiger partial charge in [-0.15, -0.1) is 0 Å². The van der Waals surface area contributed by atoms with Crippen molar-refractivity contribution in [3.8, 4) is 5.75 Å². The SMILES string of the molecule is Cc1cc(C=C2C(=O)NC(=O)N(c3ccccc3)C2=O)cc(C)c1O. The fourth-order valence-corrected chi connectivity index (χ4v) is 2.71. The summed E-state index contributed by atoms with van der Waals surface area (Å²) in [5.41, 5.74) is 2.08. The van der Waals surface area contributed by atoms with E-state index in [1.807, 2.05) is 0 Å². The van der Waals surface area contributed by atoms with E-state index in [9.17, 15) is 19.5 Å². The second-order valence-electron chi connectivity index (χ2n) is 5.80. The average Bonchev–Trinajstić information content (AvgIpc) is 2.57. The van der Waals surface area contributed by atoms with Gasteiger partial charge in [0, 0.05) is 0 Å². The number of hydrogen-bond donors (Lipinski definition) is 2. The van der Waals surface area contributed by atoms with Crippen LogP contribution in [0.4, 0.5) is 10.5 Å². The quantitative estimate of drug-likeness (QED) is 0.652. The van der Waals surface area contributed by atoms with Gasteiger partial charge >= 0.3 is 6.03 Å². The van der Waals surface area contributed by atoms with Crippen LogP contribution in [0.2, 0.25) is 0 Å². The van der Waals surface area contributed by atoms with E-state index in [0.29, 0.717) is 22.4 Å². The molecule has 3 rings (SSSR count). The number of imide groups is 2. The maximum Gasteiger partial charge on any atom is 0.335 e. The smallest absolute Gasteiger partial charge is 0.335 e. The number of aromatic hydroxyl groups is 1. The number of carbonyl (C=O) groups is 3. The zero-order chi connectivity index (χ0) is 18.1. The Balaban J connectivity index is 2.05. The van der Waals surface area contributed by atoms with E-state index in [-0.39, 0.29) is 11.3 Å². The Labute approximate surface area is 144 Å². The van der Waals surface area contributed by atoms with Crippen LogP contribution in [0.5, 0.6) is 5.75 Å². The zero-order valence-corrected chi connectivity index (χ0v) is 13.7. The average molecular weight is 336 g/mol. The summed E-state index contributed by atoms with van der Waals surface area (Å²) in [5, 5.41) is 12.0. The van der Waals surface area contributed by atoms with Crippen molar-refractivity contribution < 1.29 is 19.5 Å². The summed E-state index contributed by atoms with van der Waals surface area (Å²) < 4.78 is 0. The Morgan fingerprint density at radius 3 is 2.20 bits per heavy atom. The third-order valence-electron chi connectivity index (χ3n) is 3.94. The fourth-order valence-electron chi connectivity index (χ4n) is 2.71. The van der Waals surface area contributed by atoms with E-state index >= 15 is 0 Å². The molecule has 0 aromatic heterocycles. The van der Waals surface area contributed by atoms with E-state index in [1.165, 1.54) is 6.08 Å². The minimum Gasteiger partial charge on any atom is -0.507 e. The van der Waals surface area contributed by atoms with E-state index in [2.05, 4.69) is 5.32 Å². The lowest BCUT2D eigenvalue weighted by molar-refractivity contribution is -0.122. The molecule has 2 aromatic rings. The van der Waals surface area contributed by atoms with E-state index in [0.717, 1.165) is 4.90 Å². The van der Waals surface area contributed by atoms with Gasteiger partial charge in [-0.1, -0.05) is 18.2 Å². The summed E-state index contributed by atoms with van der Waals surface area (Å²) in [6.45, 7) is 3.46. The number of para-hydroxylation sites is 1. The molecule has 126 valence electrons. The second kappa shape index (κ2) is 6.24. The highest BCUT2D eigenvalue weighted by molar-refractivity contribution is 6.39. The van der Waals surface area contributed by atoms with Crippen molar-refractivity contribution in [3.05, 3.63) is 64.7 Å². The van der Waals surface area contributed by atoms with Gasteiger partial charge in [0.1, 0.15) is 11.3 Å². The molecule has 0 radical (unpaired) electrons. The van der Waals surface area contributed by atoms with Crippen LogP contribution in [0.1, 0.15) is 16.7 Å². The number of anilines is 1. The molecule has 1 saturated heterocycles. The lowest BCUT2D eigenvalue weighted by atomic mass is 10.0. The van der Waals surface area contributed by atoms with Crippen molar-refractivity contribution in [2.75, 3.05) is 4.90 Å². The van der Waals surface area contributed by atoms with Crippen LogP contribution in [0.3, 0.4) is 0 Å². The second-order valence-corrected chi connectivity index (χ2v) is 5.80. The third kappa shape index (κ3) is 3.01. The molecule has 1 heterocycles. The Hall–Kier alpha value is -3.41. The Morgan fingerprint density at radius 2 is 1.60 bits per heavy atom. The first-order chi connectivity index (χ1) is 11.9. The summed E-state index contributed by atoms with van der Waals surface area (Å²) in [5.74, 6) is -1.27. The first-order valence-corrected chi connectivity index (χ1v) is 7.65. The molecule has 2 N–H and O–H groups in total. The molecule has 1 fully saturated rings. The normalized spacial score (nSPS) is 16.3. The number of hydrogen-bond acceptors (Lipinski definition) is 4. The van der Waals surface area contributed by atoms with Crippen LogP contribution < -0.4 is 10.2 Å². The number of barbiturate groups is 1. The van der Waals surface area contributed by atoms with Gasteiger partial charge in [-0.25, -0.2) is 9.69 Å². The van der Waals surface area contributed by atoms with Crippen molar-refractivity contribution >= 4 is 29.6 Å². The third-order valence-corrected chi connectivity index (χ3v) is 3.94. The number of urea groups is 1. The topological polar surface area (TPSA) is 86.7 Å². The van der Waals surface area contributed by atoms with E-state index in [1.54, 1.807) is 56.3 Å². The first kappa shape index (κ1) is 16.4. The van der Waals surface area contributed by atoms with Gasteiger partial charge in [0.25, 0.3) is 11.8 Å². The minimum atomic E-state index is -0.781. The van der Waals surface area contributed by atoms with Gasteiger partial charge in [0.2, 0.25) is 0 Å². The number of rotatable bonds is 2. The largest absolute Gasteiger partial charge is 0.507 e. The Bertz CT molecular complexity index is 893. The van der Waals surface area contributed by atoms with Crippen LogP contribution in [-0.4, -0.2) is 23.0 Å². The number of phenolic OH excluding ortho intramolecular Hbond substituents is 1. The van der Waals surface area contributed by atoms with Crippen LogP contribution in [0.15, 0.2) is 48.0 Å². The number of amides is 4. The summed E-state index contributed by atoms with van der Waals surface area (Å²) in [6.07, 6.45) is 1.42. The molecular weight excluding hydrogens is 320 g/mol. The number of benzene rings is 2. The lowest BCUT2D eigenvalue weighted by Gasteiger charge is -2.26. The standard InChI is InChI=1S/C19H16N2O4/c1-11-8-13(9-12(2)16(11)22)10-15-17(23)20-19(25)21(18(15)24)14-6-4-3-5-7-14/h3-10,22H,1-2H3,(H,20,23,25). The highest BCUT2D eigenvalue weighted by Crippen LogP contribution is 2.26. The fraction of sp³-hybridized carbons (Fsp3) is 0.105. The molecule has 1 aliphatic heterocycles. The summed E-state index contributed by atoms with van der Waals surface area (Å²) in [4.78, 5) is 37.9. The maximum absolute atomic E-state index is 12.7. The molecule has 0 unspecified atom stereocenters. The van der Waals surface area contributed by atoms with Gasteiger partial charge in [-0.05, 0) is 60.9 Å². The molecular formula is C19H16N2O4. The summed E-state index contributed by atoms with van der Waals surface area (Å²) >= 11 is 0. The lowest BCUT2D eigenvalue weighted by Crippen LogP contribution is -2.54. The molecule has 0 atom stereocenters. The molecule has 2 aromatic carbocycles. The number of nitrogens with one attached hydrogen (secondary N) is 1. The van der Waals surface area contributed by atoms with Gasteiger partial charge in [-0.2, -0.15) is 0 Å². The van der Waals surface area contributed by atoms with Crippen LogP contribution in [-0.2, 0) is 9.59 Å². The van der Waals surface area contributed by atoms with Gasteiger partial charge in [0.05, 0.1) is 5.69 Å². The Kier molecular flexibility index (Phi) is 4.10. The molecule has 6 heteroatoms. The van der Waals surface area contributed by atoms with E-state index < -0.39 is 17.8 Å². The minimum absolute atomic E-state index is 0.145. The number of carbonyl (C=O) groups excluding carboxylic acids is 3. The Morgan fingerprint density at radius 1 is 1.00 bits per heavy atom. The van der Waals surface area contributed by atoms with Gasteiger partial charge in [-0.3, -0.25) is 14.9 Å². The molecule has 25 heavy (non-hydrogen) atoms. The van der Waals surface area contributed by atoms with Gasteiger partial charge < -0.3 is 5.11 Å². The number of nitrogens with zero attached hydrogens (tertiary/aromatic N) is 1. The highest BCUT2D eigenvalue weighted by atomic mass is 16.3. The van der Waals surface area contributed by atoms with Crippen molar-refractivity contribution in [3.63, 3.8) is 0 Å². The van der Waals surface area contributed by atoms with Crippen LogP contribution >= 0.6 is 0 Å². The maximum atomic E-state index is 12.7. The van der Waals surface area contributed by atoms with Crippen molar-refractivity contribution in [2.45, 2.75) is 13.8 Å². The molecule has 1 aliphatic rings. The molecule has 0 aliphatic carbocycles. The summed E-state index contributed by atoms with van der Waals surface area (Å²) in [7, 11) is 0. The predicted octanol–water partition coefficient (Wildman–Crippen LogP) is 2.68. The van der Waals surface area contributed by atoms with Crippen molar-refractivity contribution in [1.29, 1.82) is 0 Å². The van der Waals surface area contributed by atoms with Crippen LogP contribution in [0.25, 0.3) is 6.08 Å². The molecule has 0 spiro atoms. The number of aryl methyl sites for hydroxylation is 2. The molecule has 6 nitrogen and oxygen atoms in total. The monoisotopic (exact) mass is 336 g/mol. The first-order valence-electron chi connectivity index (χ1n) is 7.65. The molecule has 0 saturated carbocycles. The molecule has 0 bridgehead atoms. The summed E-state index contributed by atoms with van der Waals surface area (Å²) in [6, 6.07) is 10.9. The zero-order valence-electron chi connectivity index (χ0n) is 13.7. The number of phenols is 1. The van der Waals surface area contributed by atoms with Crippen LogP contribution in [0, 0.1) is 13.8 Å². The van der Waals surface area contributed by atoms with Crippen molar-refractivity contribution in [1.82, 2.24) is 5.32 Å². The molecule has 4 amide bonds.